The third-order valence-electron chi connectivity index (χ3n) is 2.43. The molecule has 0 amide bonds. The van der Waals surface area contributed by atoms with Crippen molar-refractivity contribution >= 4 is 25.3 Å². The normalized spacial score (nSPS) is 12.1. The summed E-state index contributed by atoms with van der Waals surface area (Å²) < 4.78 is 0. The third kappa shape index (κ3) is 2.25. The van der Waals surface area contributed by atoms with Crippen LogP contribution in [0.3, 0.4) is 0 Å². The molecule has 0 saturated carbocycles. The fraction of sp³-hybridized carbons (Fsp3) is 0.182. The average molecular weight is 215 g/mol. The first kappa shape index (κ1) is 12.3. The Labute approximate surface area is 95.0 Å². The highest BCUT2D eigenvalue weighted by molar-refractivity contribution is 5.84. The van der Waals surface area contributed by atoms with E-state index in [-0.39, 0.29) is 8.41 Å². The van der Waals surface area contributed by atoms with Crippen molar-refractivity contribution in [2.45, 2.75) is 12.5 Å². The van der Waals surface area contributed by atoms with E-state index in [9.17, 15) is 4.79 Å². The molecule has 5 heteroatoms. The summed E-state index contributed by atoms with van der Waals surface area (Å²) in [6, 6.07) is 6.91. The molecule has 0 fully saturated rings. The maximum absolute atomic E-state index is 10.6. The summed E-state index contributed by atoms with van der Waals surface area (Å²) in [6.45, 7) is 0. The van der Waals surface area contributed by atoms with E-state index in [2.05, 4.69) is 4.98 Å². The van der Waals surface area contributed by atoms with E-state index in [1.165, 1.54) is 0 Å². The molecule has 4 N–H and O–H groups in total. The molecule has 0 aliphatic rings. The molecule has 1 atom stereocenters. The minimum Gasteiger partial charge on any atom is -0.480 e. The summed E-state index contributed by atoms with van der Waals surface area (Å²) in [5.74, 6) is -0.972. The molecule has 2 aromatic rings. The molecule has 16 heavy (non-hydrogen) atoms. The van der Waals surface area contributed by atoms with Crippen molar-refractivity contribution in [3.63, 3.8) is 0 Å². The number of fused-ring (bicyclic) bond motifs is 1. The molecule has 1 aromatic heterocycles. The lowest BCUT2D eigenvalue weighted by Crippen LogP contribution is -2.32. The number of H-pyrrole nitrogens is 1. The minimum atomic E-state index is -0.972. The van der Waals surface area contributed by atoms with Crippen LogP contribution < -0.4 is 5.73 Å². The number of aliphatic carboxylic acids is 1. The molecule has 0 spiro atoms. The number of carbonyl (C=O) groups is 1. The quantitative estimate of drug-likeness (QED) is 0.660. The van der Waals surface area contributed by atoms with Gasteiger partial charge in [-0.25, -0.2) is 0 Å². The smallest absolute Gasteiger partial charge is 0.320 e. The number of carboxylic acid groups (broad SMARTS) is 1. The maximum Gasteiger partial charge on any atom is 0.320 e. The Bertz CT molecular complexity index is 495. The lowest BCUT2D eigenvalue weighted by Gasteiger charge is -2.04. The number of aromatic nitrogens is 1. The zero-order chi connectivity index (χ0) is 10.8. The summed E-state index contributed by atoms with van der Waals surface area (Å²) in [4.78, 5) is 13.7. The van der Waals surface area contributed by atoms with Crippen LogP contribution in [0.4, 0.5) is 0 Å². The molecule has 0 aliphatic carbocycles. The van der Waals surface area contributed by atoms with E-state index in [1.54, 1.807) is 0 Å². The molecule has 0 aliphatic heterocycles. The van der Waals surface area contributed by atoms with Gasteiger partial charge in [-0.3, -0.25) is 4.79 Å². The minimum absolute atomic E-state index is 0. The highest BCUT2D eigenvalue weighted by atomic mass is 16.4. The van der Waals surface area contributed by atoms with Gasteiger partial charge < -0.3 is 15.8 Å². The topological polar surface area (TPSA) is 79.1 Å². The fourth-order valence-electron chi connectivity index (χ4n) is 1.62. The fourth-order valence-corrected chi connectivity index (χ4v) is 1.62. The molecule has 1 aromatic carbocycles. The number of hydrogen-bond acceptors (Lipinski definition) is 2. The molecule has 4 nitrogen and oxygen atoms in total. The van der Waals surface area contributed by atoms with Crippen molar-refractivity contribution in [1.82, 2.24) is 4.98 Å². The van der Waals surface area contributed by atoms with E-state index in [0.717, 1.165) is 16.5 Å². The van der Waals surface area contributed by atoms with Crippen LogP contribution in [-0.2, 0) is 11.2 Å². The van der Waals surface area contributed by atoms with E-state index in [4.69, 9.17) is 10.8 Å². The van der Waals surface area contributed by atoms with Crippen LogP contribution in [-0.4, -0.2) is 30.5 Å². The van der Waals surface area contributed by atoms with Gasteiger partial charge >= 0.3 is 5.97 Å². The molecule has 3 radical (unpaired) electrons. The third-order valence-corrected chi connectivity index (χ3v) is 2.43. The number of nitrogens with two attached hydrogens (primary N) is 1. The van der Waals surface area contributed by atoms with Gasteiger partial charge in [-0.1, -0.05) is 18.2 Å². The number of aromatic amines is 1. The van der Waals surface area contributed by atoms with Crippen LogP contribution in [0.5, 0.6) is 0 Å². The Hall–Kier alpha value is -1.75. The summed E-state index contributed by atoms with van der Waals surface area (Å²) in [5.41, 5.74) is 7.43. The number of nitrogens with one attached hydrogen (secondary N) is 1. The van der Waals surface area contributed by atoms with Crippen molar-refractivity contribution in [3.05, 3.63) is 36.0 Å². The highest BCUT2D eigenvalue weighted by Gasteiger charge is 2.14. The van der Waals surface area contributed by atoms with Crippen molar-refractivity contribution in [2.75, 3.05) is 0 Å². The van der Waals surface area contributed by atoms with Crippen molar-refractivity contribution in [2.24, 2.45) is 5.73 Å². The molecular formula is C11H12BN2O2. The molecule has 0 unspecified atom stereocenters. The van der Waals surface area contributed by atoms with Crippen LogP contribution >= 0.6 is 0 Å². The Morgan fingerprint density at radius 1 is 1.44 bits per heavy atom. The number of hydrogen-bond donors (Lipinski definition) is 3. The first-order valence-electron chi connectivity index (χ1n) is 4.72. The SMILES string of the molecule is N[C@@H](Cc1c[nH]c2ccccc12)C(=O)O.[B]. The molecule has 2 rings (SSSR count). The number of rotatable bonds is 3. The monoisotopic (exact) mass is 215 g/mol. The lowest BCUT2D eigenvalue weighted by atomic mass is 10.1. The second kappa shape index (κ2) is 4.85. The first-order chi connectivity index (χ1) is 7.18. The average Bonchev–Trinajstić information content (AvgIpc) is 2.62. The van der Waals surface area contributed by atoms with E-state index in [0.29, 0.717) is 6.42 Å². The summed E-state index contributed by atoms with van der Waals surface area (Å²) in [5, 5.41) is 9.75. The van der Waals surface area contributed by atoms with Gasteiger partial charge in [0, 0.05) is 31.9 Å². The predicted molar refractivity (Wildman–Crippen MR) is 63.4 cm³/mol. The van der Waals surface area contributed by atoms with Crippen LogP contribution in [0.15, 0.2) is 30.5 Å². The Morgan fingerprint density at radius 3 is 2.81 bits per heavy atom. The highest BCUT2D eigenvalue weighted by Crippen LogP contribution is 2.18. The van der Waals surface area contributed by atoms with Crippen LogP contribution in [0.2, 0.25) is 0 Å². The van der Waals surface area contributed by atoms with Crippen molar-refractivity contribution < 1.29 is 9.90 Å². The second-order valence-corrected chi connectivity index (χ2v) is 3.51. The zero-order valence-electron chi connectivity index (χ0n) is 8.68. The number of para-hydroxylation sites is 1. The van der Waals surface area contributed by atoms with Gasteiger partial charge in [-0.05, 0) is 11.6 Å². The van der Waals surface area contributed by atoms with Gasteiger partial charge in [0.05, 0.1) is 0 Å². The van der Waals surface area contributed by atoms with Gasteiger partial charge in [-0.2, -0.15) is 0 Å². The Balaban J connectivity index is 0.00000128. The molecule has 0 bridgehead atoms. The van der Waals surface area contributed by atoms with E-state index >= 15 is 0 Å². The van der Waals surface area contributed by atoms with Crippen molar-refractivity contribution in [1.29, 1.82) is 0 Å². The number of carboxylic acids is 1. The summed E-state index contributed by atoms with van der Waals surface area (Å²) in [6.07, 6.45) is 2.16. The van der Waals surface area contributed by atoms with Gasteiger partial charge in [0.1, 0.15) is 6.04 Å². The Morgan fingerprint density at radius 2 is 2.12 bits per heavy atom. The van der Waals surface area contributed by atoms with Crippen molar-refractivity contribution in [3.8, 4) is 0 Å². The van der Waals surface area contributed by atoms with Gasteiger partial charge in [-0.15, -0.1) is 0 Å². The number of benzene rings is 1. The standard InChI is InChI=1S/C11H12N2O2.B/c12-9(11(14)15)5-7-6-13-10-4-2-1-3-8(7)10;/h1-4,6,9,13H,5,12H2,(H,14,15);/t9-;/m0./s1. The van der Waals surface area contributed by atoms with E-state index in [1.807, 2.05) is 30.5 Å². The van der Waals surface area contributed by atoms with Crippen LogP contribution in [0.25, 0.3) is 10.9 Å². The second-order valence-electron chi connectivity index (χ2n) is 3.51. The summed E-state index contributed by atoms with van der Waals surface area (Å²) >= 11 is 0. The van der Waals surface area contributed by atoms with Gasteiger partial charge in [0.2, 0.25) is 0 Å². The van der Waals surface area contributed by atoms with Crippen LogP contribution in [0.1, 0.15) is 5.56 Å². The van der Waals surface area contributed by atoms with Crippen LogP contribution in [0, 0.1) is 0 Å². The molecule has 1 heterocycles. The molecule has 81 valence electrons. The van der Waals surface area contributed by atoms with E-state index < -0.39 is 12.0 Å². The zero-order valence-corrected chi connectivity index (χ0v) is 8.68. The predicted octanol–water partition coefficient (Wildman–Crippen LogP) is 0.742. The van der Waals surface area contributed by atoms with Gasteiger partial charge in [0.15, 0.2) is 0 Å². The maximum atomic E-state index is 10.6. The lowest BCUT2D eigenvalue weighted by molar-refractivity contribution is -0.138. The summed E-state index contributed by atoms with van der Waals surface area (Å²) in [7, 11) is 0. The largest absolute Gasteiger partial charge is 0.480 e. The Kier molecular flexibility index (Phi) is 3.74. The first-order valence-corrected chi connectivity index (χ1v) is 4.72. The molecular weight excluding hydrogens is 203 g/mol. The molecule has 0 saturated heterocycles. The van der Waals surface area contributed by atoms with Gasteiger partial charge in [0.25, 0.3) is 0 Å².